The van der Waals surface area contributed by atoms with E-state index in [1.807, 2.05) is 31.2 Å². The number of benzene rings is 1. The van der Waals surface area contributed by atoms with Gasteiger partial charge in [-0.3, -0.25) is 9.59 Å². The van der Waals surface area contributed by atoms with Gasteiger partial charge in [-0.15, -0.1) is 0 Å². The Morgan fingerprint density at radius 1 is 1.20 bits per heavy atom. The van der Waals surface area contributed by atoms with Gasteiger partial charge in [0.1, 0.15) is 6.61 Å². The van der Waals surface area contributed by atoms with Crippen LogP contribution in [0.15, 0.2) is 24.3 Å². The van der Waals surface area contributed by atoms with E-state index in [0.717, 1.165) is 43.4 Å². The molecule has 1 aromatic carbocycles. The van der Waals surface area contributed by atoms with E-state index >= 15 is 0 Å². The van der Waals surface area contributed by atoms with Crippen LogP contribution >= 0.6 is 0 Å². The summed E-state index contributed by atoms with van der Waals surface area (Å²) in [6, 6.07) is 7.60. The third kappa shape index (κ3) is 2.74. The third-order valence-electron chi connectivity index (χ3n) is 6.17. The lowest BCUT2D eigenvalue weighted by molar-refractivity contribution is -0.170. The summed E-state index contributed by atoms with van der Waals surface area (Å²) in [5, 5.41) is 0. The molecule has 1 spiro atoms. The highest BCUT2D eigenvalue weighted by atomic mass is 16.5. The van der Waals surface area contributed by atoms with Gasteiger partial charge >= 0.3 is 0 Å². The second kappa shape index (κ2) is 6.13. The topological polar surface area (TPSA) is 49.9 Å². The minimum absolute atomic E-state index is 0.0177. The molecule has 0 N–H and O–H groups in total. The number of aryl methyl sites for hydroxylation is 1. The van der Waals surface area contributed by atoms with Crippen LogP contribution < -0.4 is 0 Å². The van der Waals surface area contributed by atoms with Crippen LogP contribution in [-0.4, -0.2) is 53.5 Å². The lowest BCUT2D eigenvalue weighted by atomic mass is 9.92. The van der Waals surface area contributed by atoms with Gasteiger partial charge in [-0.05, 0) is 50.2 Å². The number of carbonyl (C=O) groups excluding carboxylic acids is 2. The van der Waals surface area contributed by atoms with Crippen LogP contribution in [0.1, 0.15) is 49.3 Å². The third-order valence-corrected chi connectivity index (χ3v) is 6.17. The number of amides is 2. The molecule has 2 saturated heterocycles. The van der Waals surface area contributed by atoms with Crippen LogP contribution in [0.3, 0.4) is 0 Å². The normalized spacial score (nSPS) is 28.3. The summed E-state index contributed by atoms with van der Waals surface area (Å²) in [5.74, 6) is -0.0121. The van der Waals surface area contributed by atoms with E-state index < -0.39 is 6.10 Å². The molecule has 4 rings (SSSR count). The smallest absolute Gasteiger partial charge is 0.254 e. The number of ether oxygens (including phenoxy) is 1. The lowest BCUT2D eigenvalue weighted by Gasteiger charge is -2.44. The van der Waals surface area contributed by atoms with E-state index in [1.165, 1.54) is 6.42 Å². The molecule has 25 heavy (non-hydrogen) atoms. The van der Waals surface area contributed by atoms with E-state index in [1.54, 1.807) is 11.9 Å². The maximum absolute atomic E-state index is 13.4. The second-order valence-corrected chi connectivity index (χ2v) is 7.71. The predicted octanol–water partition coefficient (Wildman–Crippen LogP) is 2.44. The van der Waals surface area contributed by atoms with Gasteiger partial charge in [0.25, 0.3) is 5.91 Å². The van der Waals surface area contributed by atoms with Crippen LogP contribution in [0.2, 0.25) is 0 Å². The van der Waals surface area contributed by atoms with Gasteiger partial charge in [-0.25, -0.2) is 0 Å². The van der Waals surface area contributed by atoms with E-state index in [9.17, 15) is 9.59 Å². The molecule has 1 saturated carbocycles. The Morgan fingerprint density at radius 2 is 1.96 bits per heavy atom. The molecular weight excluding hydrogens is 316 g/mol. The minimum Gasteiger partial charge on any atom is -0.356 e. The first kappa shape index (κ1) is 16.6. The summed E-state index contributed by atoms with van der Waals surface area (Å²) in [6.45, 7) is 2.82. The van der Waals surface area contributed by atoms with Crippen LogP contribution in [0.25, 0.3) is 0 Å². The predicted molar refractivity (Wildman–Crippen MR) is 94.0 cm³/mol. The fourth-order valence-electron chi connectivity index (χ4n) is 4.47. The van der Waals surface area contributed by atoms with Crippen LogP contribution in [0.5, 0.6) is 0 Å². The molecule has 2 atom stereocenters. The zero-order valence-electron chi connectivity index (χ0n) is 15.0. The van der Waals surface area contributed by atoms with Crippen LogP contribution in [-0.2, 0) is 14.3 Å². The number of nitrogens with zero attached hydrogens (tertiary/aromatic N) is 2. The molecule has 0 aromatic heterocycles. The van der Waals surface area contributed by atoms with E-state index in [2.05, 4.69) is 4.90 Å². The molecule has 3 fully saturated rings. The van der Waals surface area contributed by atoms with Gasteiger partial charge < -0.3 is 14.5 Å². The summed E-state index contributed by atoms with van der Waals surface area (Å²) in [6.07, 6.45) is 4.97. The molecule has 0 radical (unpaired) electrons. The van der Waals surface area contributed by atoms with Crippen molar-refractivity contribution in [3.63, 3.8) is 0 Å². The molecule has 2 aliphatic heterocycles. The maximum atomic E-state index is 13.4. The number of piperidine rings is 1. The monoisotopic (exact) mass is 342 g/mol. The van der Waals surface area contributed by atoms with E-state index in [-0.39, 0.29) is 30.0 Å². The molecule has 1 aromatic rings. The van der Waals surface area contributed by atoms with Crippen molar-refractivity contribution in [2.45, 2.75) is 56.7 Å². The molecular formula is C20H26N2O3. The first-order valence-corrected chi connectivity index (χ1v) is 9.28. The van der Waals surface area contributed by atoms with Crippen molar-refractivity contribution < 1.29 is 14.3 Å². The number of likely N-dealkylation sites (tertiary alicyclic amines) is 1. The highest BCUT2D eigenvalue weighted by Gasteiger charge is 2.54. The highest BCUT2D eigenvalue weighted by Crippen LogP contribution is 2.49. The number of morpholine rings is 1. The molecule has 0 unspecified atom stereocenters. The van der Waals surface area contributed by atoms with Crippen molar-refractivity contribution in [2.75, 3.05) is 20.2 Å². The van der Waals surface area contributed by atoms with Crippen molar-refractivity contribution in [3.05, 3.63) is 35.4 Å². The second-order valence-electron chi connectivity index (χ2n) is 7.71. The molecule has 5 heteroatoms. The number of rotatable bonds is 2. The van der Waals surface area contributed by atoms with Gasteiger partial charge in [-0.2, -0.15) is 0 Å². The first-order chi connectivity index (χ1) is 12.0. The van der Waals surface area contributed by atoms with Crippen molar-refractivity contribution in [2.24, 2.45) is 0 Å². The quantitative estimate of drug-likeness (QED) is 0.829. The molecule has 2 heterocycles. The Hall–Kier alpha value is -1.88. The molecule has 1 aliphatic carbocycles. The number of likely N-dealkylation sites (N-methyl/N-ethyl adjacent to an activating group) is 1. The van der Waals surface area contributed by atoms with Crippen molar-refractivity contribution in [3.8, 4) is 0 Å². The maximum Gasteiger partial charge on any atom is 0.254 e. The molecule has 134 valence electrons. The van der Waals surface area contributed by atoms with Gasteiger partial charge in [-0.1, -0.05) is 24.3 Å². The molecule has 2 amide bonds. The van der Waals surface area contributed by atoms with E-state index in [4.69, 9.17) is 4.74 Å². The standard InChI is InChI=1S/C20H26N2O3/c1-14-7-3-4-8-15(14)17-18(25-13-16(23)21(17)2)19(24)22-12-6-5-9-20(22)10-11-20/h3-4,7-8,17-18H,5-6,9-13H2,1-2H3/t17-,18+/m1/s1. The summed E-state index contributed by atoms with van der Waals surface area (Å²) in [7, 11) is 1.78. The Morgan fingerprint density at radius 3 is 2.68 bits per heavy atom. The fraction of sp³-hybridized carbons (Fsp3) is 0.600. The Kier molecular flexibility index (Phi) is 4.07. The van der Waals surface area contributed by atoms with Crippen LogP contribution in [0.4, 0.5) is 0 Å². The zero-order chi connectivity index (χ0) is 17.6. The Labute approximate surface area is 148 Å². The summed E-state index contributed by atoms with van der Waals surface area (Å²) in [5.41, 5.74) is 2.16. The van der Waals surface area contributed by atoms with Gasteiger partial charge in [0.15, 0.2) is 6.10 Å². The number of hydrogen-bond donors (Lipinski definition) is 0. The Bertz CT molecular complexity index is 698. The average Bonchev–Trinajstić information content (AvgIpc) is 3.37. The zero-order valence-corrected chi connectivity index (χ0v) is 15.0. The van der Waals surface area contributed by atoms with Crippen LogP contribution in [0, 0.1) is 6.92 Å². The number of carbonyl (C=O) groups is 2. The van der Waals surface area contributed by atoms with Crippen molar-refractivity contribution >= 4 is 11.8 Å². The summed E-state index contributed by atoms with van der Waals surface area (Å²) in [4.78, 5) is 29.4. The van der Waals surface area contributed by atoms with E-state index in [0.29, 0.717) is 0 Å². The van der Waals surface area contributed by atoms with Gasteiger partial charge in [0.05, 0.1) is 6.04 Å². The summed E-state index contributed by atoms with van der Waals surface area (Å²) < 4.78 is 5.84. The molecule has 0 bridgehead atoms. The largest absolute Gasteiger partial charge is 0.356 e. The first-order valence-electron chi connectivity index (χ1n) is 9.28. The Balaban J connectivity index is 1.67. The highest BCUT2D eigenvalue weighted by molar-refractivity contribution is 5.87. The van der Waals surface area contributed by atoms with Gasteiger partial charge in [0.2, 0.25) is 5.91 Å². The molecule has 5 nitrogen and oxygen atoms in total. The number of hydrogen-bond acceptors (Lipinski definition) is 3. The molecule has 3 aliphatic rings. The van der Waals surface area contributed by atoms with Crippen molar-refractivity contribution in [1.82, 2.24) is 9.80 Å². The lowest BCUT2D eigenvalue weighted by Crippen LogP contribution is -2.57. The summed E-state index contributed by atoms with van der Waals surface area (Å²) >= 11 is 0. The van der Waals surface area contributed by atoms with Crippen molar-refractivity contribution in [1.29, 1.82) is 0 Å². The fourth-order valence-corrected chi connectivity index (χ4v) is 4.47. The SMILES string of the molecule is Cc1ccccc1[C@@H]1[C@@H](C(=O)N2CCCCC23CC3)OCC(=O)N1C. The minimum atomic E-state index is -0.612. The average molecular weight is 342 g/mol. The van der Waals surface area contributed by atoms with Gasteiger partial charge in [0, 0.05) is 19.1 Å².